The Kier molecular flexibility index (Phi) is 10.1. The molecule has 0 unspecified atom stereocenters. The van der Waals surface area contributed by atoms with E-state index in [0.29, 0.717) is 38.1 Å². The summed E-state index contributed by atoms with van der Waals surface area (Å²) in [6.45, 7) is 5.00. The Morgan fingerprint density at radius 1 is 0.833 bits per heavy atom. The van der Waals surface area contributed by atoms with Crippen LogP contribution in [-0.2, 0) is 9.59 Å². The first-order valence-corrected chi connectivity index (χ1v) is 15.5. The molecule has 0 aliphatic carbocycles. The minimum absolute atomic E-state index is 0.0578. The van der Waals surface area contributed by atoms with E-state index in [1.807, 2.05) is 23.1 Å². The van der Waals surface area contributed by atoms with Gasteiger partial charge in [-0.3, -0.25) is 19.4 Å². The molecule has 0 spiro atoms. The highest BCUT2D eigenvalue weighted by atomic mass is 35.5. The maximum absolute atomic E-state index is 13.7. The van der Waals surface area contributed by atoms with E-state index in [2.05, 4.69) is 21.2 Å². The number of hydrogen-bond acceptors (Lipinski definition) is 5. The number of nitrogens with zero attached hydrogens (tertiary/aromatic N) is 4. The summed E-state index contributed by atoms with van der Waals surface area (Å²) < 4.78 is 0. The standard InChI is InChI=1S/C30H29Cl4N5O2S/c31-20-5-7-22(8-6-20)35-28(40)19-27-29(41)39(24-9-10-25(33)26(34)18-24)30(42)38(27)12-2-11-36-13-15-37(16-14-36)23-4-1-3-21(32)17-23/h1,3-10,17-18,27H,2,11-16,19H2,(H,35,40)/t27-/m0/s1. The van der Waals surface area contributed by atoms with Gasteiger partial charge in [0.05, 0.1) is 22.2 Å². The van der Waals surface area contributed by atoms with E-state index in [9.17, 15) is 9.59 Å². The Bertz CT molecular complexity index is 1470. The molecule has 2 saturated heterocycles. The van der Waals surface area contributed by atoms with Gasteiger partial charge in [-0.05, 0) is 85.8 Å². The second kappa shape index (κ2) is 13.8. The van der Waals surface area contributed by atoms with E-state index in [0.717, 1.165) is 49.9 Å². The maximum atomic E-state index is 13.7. The summed E-state index contributed by atoms with van der Waals surface area (Å²) in [6.07, 6.45) is 0.715. The molecule has 0 aromatic heterocycles. The summed E-state index contributed by atoms with van der Waals surface area (Å²) in [6, 6.07) is 18.9. The van der Waals surface area contributed by atoms with Crippen LogP contribution in [-0.4, -0.2) is 72.0 Å². The van der Waals surface area contributed by atoms with Crippen molar-refractivity contribution in [2.45, 2.75) is 18.9 Å². The molecule has 7 nitrogen and oxygen atoms in total. The summed E-state index contributed by atoms with van der Waals surface area (Å²) in [7, 11) is 0. The molecule has 2 aliphatic heterocycles. The number of anilines is 3. The first-order valence-electron chi connectivity index (χ1n) is 13.6. The molecule has 42 heavy (non-hydrogen) atoms. The Morgan fingerprint density at radius 3 is 2.26 bits per heavy atom. The van der Waals surface area contributed by atoms with Gasteiger partial charge in [0.15, 0.2) is 5.11 Å². The lowest BCUT2D eigenvalue weighted by Crippen LogP contribution is -2.47. The number of carbonyl (C=O) groups is 2. The van der Waals surface area contributed by atoms with Crippen molar-refractivity contribution in [1.82, 2.24) is 9.80 Å². The van der Waals surface area contributed by atoms with Gasteiger partial charge in [0.25, 0.3) is 5.91 Å². The lowest BCUT2D eigenvalue weighted by atomic mass is 10.1. The fraction of sp³-hybridized carbons (Fsp3) is 0.300. The second-order valence-electron chi connectivity index (χ2n) is 10.2. The molecule has 0 bridgehead atoms. The molecule has 1 N–H and O–H groups in total. The van der Waals surface area contributed by atoms with Crippen molar-refractivity contribution in [3.63, 3.8) is 0 Å². The molecule has 12 heteroatoms. The van der Waals surface area contributed by atoms with Crippen LogP contribution in [0.15, 0.2) is 66.7 Å². The average molecular weight is 665 g/mol. The van der Waals surface area contributed by atoms with Crippen molar-refractivity contribution in [2.75, 3.05) is 54.4 Å². The fourth-order valence-electron chi connectivity index (χ4n) is 5.24. The van der Waals surface area contributed by atoms with Crippen LogP contribution in [0.1, 0.15) is 12.8 Å². The molecular weight excluding hydrogens is 636 g/mol. The molecule has 3 aromatic rings. The maximum Gasteiger partial charge on any atom is 0.256 e. The number of piperazine rings is 1. The van der Waals surface area contributed by atoms with Gasteiger partial charge in [-0.25, -0.2) is 0 Å². The summed E-state index contributed by atoms with van der Waals surface area (Å²) in [4.78, 5) is 34.8. The van der Waals surface area contributed by atoms with E-state index in [4.69, 9.17) is 58.6 Å². The highest BCUT2D eigenvalue weighted by Gasteiger charge is 2.44. The van der Waals surface area contributed by atoms with E-state index in [-0.39, 0.29) is 18.2 Å². The molecule has 0 saturated carbocycles. The molecule has 0 radical (unpaired) electrons. The third kappa shape index (κ3) is 7.30. The molecule has 5 rings (SSSR count). The van der Waals surface area contributed by atoms with Crippen LogP contribution in [0.25, 0.3) is 0 Å². The minimum Gasteiger partial charge on any atom is -0.369 e. The first kappa shape index (κ1) is 30.9. The normalized spacial score (nSPS) is 17.7. The zero-order chi connectivity index (χ0) is 29.8. The van der Waals surface area contributed by atoms with Crippen LogP contribution in [0, 0.1) is 0 Å². The quantitative estimate of drug-likeness (QED) is 0.253. The van der Waals surface area contributed by atoms with Gasteiger partial charge < -0.3 is 15.1 Å². The van der Waals surface area contributed by atoms with Gasteiger partial charge in [-0.15, -0.1) is 0 Å². The average Bonchev–Trinajstić information content (AvgIpc) is 3.20. The zero-order valence-electron chi connectivity index (χ0n) is 22.6. The number of halogens is 4. The molecule has 2 aliphatic rings. The Balaban J connectivity index is 1.24. The van der Waals surface area contributed by atoms with Crippen molar-refractivity contribution in [2.24, 2.45) is 0 Å². The predicted molar refractivity (Wildman–Crippen MR) is 176 cm³/mol. The van der Waals surface area contributed by atoms with E-state index >= 15 is 0 Å². The number of thiocarbonyl (C=S) groups is 1. The predicted octanol–water partition coefficient (Wildman–Crippen LogP) is 6.84. The van der Waals surface area contributed by atoms with Crippen molar-refractivity contribution >= 4 is 92.6 Å². The number of nitrogens with one attached hydrogen (secondary N) is 1. The minimum atomic E-state index is -0.751. The van der Waals surface area contributed by atoms with Gasteiger partial charge in [-0.2, -0.15) is 0 Å². The van der Waals surface area contributed by atoms with E-state index < -0.39 is 6.04 Å². The van der Waals surface area contributed by atoms with Gasteiger partial charge in [0.1, 0.15) is 6.04 Å². The number of hydrogen-bond donors (Lipinski definition) is 1. The third-order valence-electron chi connectivity index (χ3n) is 7.41. The lowest BCUT2D eigenvalue weighted by Gasteiger charge is -2.36. The topological polar surface area (TPSA) is 59.1 Å². The van der Waals surface area contributed by atoms with Crippen molar-refractivity contribution in [1.29, 1.82) is 0 Å². The Hall–Kier alpha value is -2.59. The van der Waals surface area contributed by atoms with Crippen molar-refractivity contribution < 1.29 is 9.59 Å². The highest BCUT2D eigenvalue weighted by molar-refractivity contribution is 7.80. The zero-order valence-corrected chi connectivity index (χ0v) is 26.5. The van der Waals surface area contributed by atoms with Crippen LogP contribution < -0.4 is 15.1 Å². The molecule has 2 heterocycles. The molecule has 2 amide bonds. The number of carbonyl (C=O) groups excluding carboxylic acids is 2. The van der Waals surface area contributed by atoms with E-state index in [1.54, 1.807) is 42.5 Å². The highest BCUT2D eigenvalue weighted by Crippen LogP contribution is 2.32. The lowest BCUT2D eigenvalue weighted by molar-refractivity contribution is -0.124. The third-order valence-corrected chi connectivity index (χ3v) is 9.05. The fourth-order valence-corrected chi connectivity index (χ4v) is 6.25. The van der Waals surface area contributed by atoms with Crippen LogP contribution >= 0.6 is 58.6 Å². The number of rotatable bonds is 9. The van der Waals surface area contributed by atoms with Gasteiger partial charge in [0.2, 0.25) is 5.91 Å². The second-order valence-corrected chi connectivity index (χ2v) is 12.2. The van der Waals surface area contributed by atoms with Gasteiger partial charge in [-0.1, -0.05) is 52.5 Å². The summed E-state index contributed by atoms with van der Waals surface area (Å²) in [5, 5.41) is 5.19. The van der Waals surface area contributed by atoms with Crippen LogP contribution in [0.4, 0.5) is 17.1 Å². The molecule has 1 atom stereocenters. The van der Waals surface area contributed by atoms with E-state index in [1.165, 1.54) is 4.90 Å². The smallest absolute Gasteiger partial charge is 0.256 e. The summed E-state index contributed by atoms with van der Waals surface area (Å²) in [5.41, 5.74) is 2.24. The molecule has 3 aromatic carbocycles. The monoisotopic (exact) mass is 663 g/mol. The van der Waals surface area contributed by atoms with Crippen molar-refractivity contribution in [3.8, 4) is 0 Å². The largest absolute Gasteiger partial charge is 0.369 e. The first-order chi connectivity index (χ1) is 20.2. The SMILES string of the molecule is O=C(C[C@H]1C(=O)N(c2ccc(Cl)c(Cl)c2)C(=S)N1CCCN1CCN(c2cccc(Cl)c2)CC1)Nc1ccc(Cl)cc1. The Labute approximate surface area is 270 Å². The van der Waals surface area contributed by atoms with Crippen LogP contribution in [0.3, 0.4) is 0 Å². The number of benzene rings is 3. The molecule has 2 fully saturated rings. The van der Waals surface area contributed by atoms with Crippen molar-refractivity contribution in [3.05, 3.63) is 86.8 Å². The van der Waals surface area contributed by atoms with Crippen LogP contribution in [0.5, 0.6) is 0 Å². The molecule has 220 valence electrons. The van der Waals surface area contributed by atoms with Gasteiger partial charge in [0, 0.05) is 54.1 Å². The van der Waals surface area contributed by atoms with Gasteiger partial charge >= 0.3 is 0 Å². The number of amides is 2. The summed E-state index contributed by atoms with van der Waals surface area (Å²) in [5.74, 6) is -0.573. The van der Waals surface area contributed by atoms with Crippen LogP contribution in [0.2, 0.25) is 20.1 Å². The Morgan fingerprint density at radius 2 is 1.57 bits per heavy atom. The summed E-state index contributed by atoms with van der Waals surface area (Å²) >= 11 is 30.3. The molecular formula is C30H29Cl4N5O2S.